The Bertz CT molecular complexity index is 448. The van der Waals surface area contributed by atoms with Crippen molar-refractivity contribution in [3.8, 4) is 11.9 Å². The predicted octanol–water partition coefficient (Wildman–Crippen LogP) is 1.39. The molecule has 0 saturated heterocycles. The second-order valence-corrected chi connectivity index (χ2v) is 2.73. The summed E-state index contributed by atoms with van der Waals surface area (Å²) in [6, 6.07) is 2.70. The molecule has 0 aliphatic carbocycles. The van der Waals surface area contributed by atoms with E-state index in [0.29, 0.717) is 0 Å². The Kier molecular flexibility index (Phi) is 3.39. The molecule has 15 heavy (non-hydrogen) atoms. The van der Waals surface area contributed by atoms with Gasteiger partial charge in [0.25, 0.3) is 6.43 Å². The molecule has 0 aromatic carbocycles. The van der Waals surface area contributed by atoms with Gasteiger partial charge in [0.15, 0.2) is 11.3 Å². The molecule has 6 heteroatoms. The maximum atomic E-state index is 12.5. The minimum Gasteiger partial charge on any atom is -0.482 e. The van der Waals surface area contributed by atoms with Gasteiger partial charge in [0.1, 0.15) is 0 Å². The van der Waals surface area contributed by atoms with E-state index >= 15 is 0 Å². The minimum atomic E-state index is -2.84. The number of rotatable bonds is 3. The van der Waals surface area contributed by atoms with Crippen LogP contribution in [0, 0.1) is 11.3 Å². The van der Waals surface area contributed by atoms with Crippen LogP contribution in [0.25, 0.3) is 0 Å². The number of methoxy groups -OCH3 is 1. The molecule has 0 radical (unpaired) electrons. The van der Waals surface area contributed by atoms with Crippen LogP contribution < -0.4 is 10.2 Å². The van der Waals surface area contributed by atoms with E-state index in [1.807, 2.05) is 0 Å². The Morgan fingerprint density at radius 2 is 2.33 bits per heavy atom. The smallest absolute Gasteiger partial charge is 0.278 e. The first-order valence-electron chi connectivity index (χ1n) is 4.05. The Morgan fingerprint density at radius 3 is 2.80 bits per heavy atom. The van der Waals surface area contributed by atoms with Crippen molar-refractivity contribution in [1.29, 1.82) is 5.26 Å². The zero-order valence-corrected chi connectivity index (χ0v) is 7.88. The van der Waals surface area contributed by atoms with Gasteiger partial charge in [-0.15, -0.1) is 0 Å². The lowest BCUT2D eigenvalue weighted by Crippen LogP contribution is -2.14. The summed E-state index contributed by atoms with van der Waals surface area (Å²) in [4.78, 5) is 13.6. The maximum Gasteiger partial charge on any atom is 0.278 e. The molecule has 4 nitrogen and oxygen atoms in total. The van der Waals surface area contributed by atoms with Crippen LogP contribution in [-0.2, 0) is 6.42 Å². The summed E-state index contributed by atoms with van der Waals surface area (Å²) in [7, 11) is 1.25. The lowest BCUT2D eigenvalue weighted by atomic mass is 10.1. The van der Waals surface area contributed by atoms with Crippen molar-refractivity contribution in [2.24, 2.45) is 0 Å². The third-order valence-corrected chi connectivity index (χ3v) is 1.84. The summed E-state index contributed by atoms with van der Waals surface area (Å²) >= 11 is 0. The van der Waals surface area contributed by atoms with Gasteiger partial charge < -0.3 is 9.72 Å². The highest BCUT2D eigenvalue weighted by atomic mass is 19.3. The van der Waals surface area contributed by atoms with E-state index in [-0.39, 0.29) is 17.9 Å². The molecular formula is C9H8F2N2O2. The van der Waals surface area contributed by atoms with E-state index in [4.69, 9.17) is 5.26 Å². The lowest BCUT2D eigenvalue weighted by molar-refractivity contribution is 0.143. The highest BCUT2D eigenvalue weighted by Crippen LogP contribution is 2.21. The second-order valence-electron chi connectivity index (χ2n) is 2.73. The lowest BCUT2D eigenvalue weighted by Gasteiger charge is -2.07. The molecule has 0 bridgehead atoms. The zero-order valence-electron chi connectivity index (χ0n) is 7.88. The number of halogens is 2. The molecule has 1 aromatic heterocycles. The molecule has 80 valence electrons. The van der Waals surface area contributed by atoms with Crippen molar-refractivity contribution in [3.63, 3.8) is 0 Å². The Morgan fingerprint density at radius 1 is 1.67 bits per heavy atom. The number of hydrogen-bond acceptors (Lipinski definition) is 3. The van der Waals surface area contributed by atoms with Gasteiger partial charge in [-0.05, 0) is 0 Å². The number of aromatic amines is 1. The van der Waals surface area contributed by atoms with Crippen LogP contribution in [0.1, 0.15) is 17.7 Å². The number of nitrogens with zero attached hydrogens (tertiary/aromatic N) is 1. The van der Waals surface area contributed by atoms with Crippen molar-refractivity contribution in [2.45, 2.75) is 12.8 Å². The highest BCUT2D eigenvalue weighted by Gasteiger charge is 2.17. The van der Waals surface area contributed by atoms with Gasteiger partial charge in [-0.25, -0.2) is 8.78 Å². The van der Waals surface area contributed by atoms with E-state index in [1.54, 1.807) is 6.07 Å². The van der Waals surface area contributed by atoms with E-state index in [0.717, 1.165) is 6.07 Å². The van der Waals surface area contributed by atoms with Crippen LogP contribution in [0.15, 0.2) is 10.9 Å². The van der Waals surface area contributed by atoms with Crippen LogP contribution in [0.5, 0.6) is 5.88 Å². The molecular weight excluding hydrogens is 206 g/mol. The molecule has 0 unspecified atom stereocenters. The van der Waals surface area contributed by atoms with Crippen LogP contribution in [-0.4, -0.2) is 12.1 Å². The third kappa shape index (κ3) is 2.31. The first-order chi connectivity index (χ1) is 7.10. The first kappa shape index (κ1) is 11.2. The van der Waals surface area contributed by atoms with Crippen LogP contribution >= 0.6 is 0 Å². The number of alkyl halides is 2. The van der Waals surface area contributed by atoms with Gasteiger partial charge in [0.2, 0.25) is 0 Å². The number of pyridine rings is 1. The standard InChI is InChI=1S/C9H8F2N2O2/c1-15-7-4-6(14)5(2-3-12)8(13-7)9(10)11/h4,9H,2H2,1H3,(H,13,14). The molecule has 0 spiro atoms. The highest BCUT2D eigenvalue weighted by molar-refractivity contribution is 5.29. The summed E-state index contributed by atoms with van der Waals surface area (Å²) < 4.78 is 29.7. The Hall–Kier alpha value is -1.90. The second kappa shape index (κ2) is 4.55. The molecule has 0 atom stereocenters. The molecule has 0 aliphatic rings. The van der Waals surface area contributed by atoms with Gasteiger partial charge in [-0.1, -0.05) is 0 Å². The van der Waals surface area contributed by atoms with Gasteiger partial charge in [-0.2, -0.15) is 5.26 Å². The average molecular weight is 214 g/mol. The SMILES string of the molecule is COc1cc(=O)c(CC#N)c(C(F)F)[nH]1. The summed E-state index contributed by atoms with van der Waals surface area (Å²) in [5.41, 5.74) is -1.39. The van der Waals surface area contributed by atoms with E-state index in [9.17, 15) is 13.6 Å². The molecule has 1 rings (SSSR count). The number of aromatic nitrogens is 1. The first-order valence-corrected chi connectivity index (χ1v) is 4.05. The molecule has 1 heterocycles. The topological polar surface area (TPSA) is 65.9 Å². The minimum absolute atomic E-state index is 0.0445. The fourth-order valence-corrected chi connectivity index (χ4v) is 1.14. The third-order valence-electron chi connectivity index (χ3n) is 1.84. The fourth-order valence-electron chi connectivity index (χ4n) is 1.14. The fraction of sp³-hybridized carbons (Fsp3) is 0.333. The normalized spacial score (nSPS) is 10.1. The summed E-state index contributed by atoms with van der Waals surface area (Å²) in [5.74, 6) is -0.0445. The maximum absolute atomic E-state index is 12.5. The molecule has 1 N–H and O–H groups in total. The summed E-state index contributed by atoms with van der Waals surface area (Å²) in [6.45, 7) is 0. The van der Waals surface area contributed by atoms with Gasteiger partial charge in [0.05, 0.1) is 25.3 Å². The van der Waals surface area contributed by atoms with Crippen LogP contribution in [0.4, 0.5) is 8.78 Å². The largest absolute Gasteiger partial charge is 0.482 e. The van der Waals surface area contributed by atoms with Gasteiger partial charge in [-0.3, -0.25) is 4.79 Å². The quantitative estimate of drug-likeness (QED) is 0.826. The Labute approximate surface area is 84.1 Å². The van der Waals surface area contributed by atoms with Crippen molar-refractivity contribution >= 4 is 0 Å². The van der Waals surface area contributed by atoms with E-state index in [1.165, 1.54) is 7.11 Å². The monoisotopic (exact) mass is 214 g/mol. The number of hydrogen-bond donors (Lipinski definition) is 1. The Balaban J connectivity index is 3.37. The molecule has 0 amide bonds. The summed E-state index contributed by atoms with van der Waals surface area (Å²) in [6.07, 6.45) is -3.19. The van der Waals surface area contributed by atoms with E-state index in [2.05, 4.69) is 9.72 Å². The molecule has 0 fully saturated rings. The van der Waals surface area contributed by atoms with Crippen molar-refractivity contribution in [3.05, 3.63) is 27.5 Å². The van der Waals surface area contributed by atoms with Crippen LogP contribution in [0.2, 0.25) is 0 Å². The molecule has 0 saturated carbocycles. The van der Waals surface area contributed by atoms with Crippen molar-refractivity contribution < 1.29 is 13.5 Å². The zero-order chi connectivity index (χ0) is 11.4. The number of H-pyrrole nitrogens is 1. The molecule has 1 aromatic rings. The number of ether oxygens (including phenoxy) is 1. The van der Waals surface area contributed by atoms with Crippen LogP contribution in [0.3, 0.4) is 0 Å². The predicted molar refractivity (Wildman–Crippen MR) is 47.9 cm³/mol. The van der Waals surface area contributed by atoms with Gasteiger partial charge >= 0.3 is 0 Å². The van der Waals surface area contributed by atoms with Gasteiger partial charge in [0, 0.05) is 11.6 Å². The number of nitrogens with one attached hydrogen (secondary N) is 1. The molecule has 0 aliphatic heterocycles. The average Bonchev–Trinajstić information content (AvgIpc) is 2.20. The van der Waals surface area contributed by atoms with Crippen molar-refractivity contribution in [2.75, 3.05) is 7.11 Å². The number of nitriles is 1. The summed E-state index contributed by atoms with van der Waals surface area (Å²) in [5, 5.41) is 8.40. The van der Waals surface area contributed by atoms with E-state index < -0.39 is 17.5 Å². The van der Waals surface area contributed by atoms with Crippen molar-refractivity contribution in [1.82, 2.24) is 4.98 Å².